The number of hydrogen-bond acceptors (Lipinski definition) is 5. The fourth-order valence-corrected chi connectivity index (χ4v) is 4.20. The monoisotopic (exact) mass is 414 g/mol. The topological polar surface area (TPSA) is 69.7 Å². The molecular weight excluding hydrogens is 380 g/mol. The summed E-state index contributed by atoms with van der Waals surface area (Å²) >= 11 is 0. The van der Waals surface area contributed by atoms with E-state index in [0.29, 0.717) is 17.6 Å². The van der Waals surface area contributed by atoms with Crippen molar-refractivity contribution in [3.8, 4) is 0 Å². The van der Waals surface area contributed by atoms with Crippen LogP contribution in [0.3, 0.4) is 0 Å². The zero-order chi connectivity index (χ0) is 22.8. The molecule has 5 nitrogen and oxygen atoms in total. The average Bonchev–Trinajstić information content (AvgIpc) is 2.76. The fraction of sp³-hybridized carbons (Fsp3) is 0.560. The molecule has 30 heavy (non-hydrogen) atoms. The predicted molar refractivity (Wildman–Crippen MR) is 117 cm³/mol. The second-order valence-electron chi connectivity index (χ2n) is 8.98. The van der Waals surface area contributed by atoms with E-state index in [2.05, 4.69) is 0 Å². The number of esters is 2. The van der Waals surface area contributed by atoms with Gasteiger partial charge in [-0.25, -0.2) is 9.59 Å². The highest BCUT2D eigenvalue weighted by Crippen LogP contribution is 2.49. The van der Waals surface area contributed by atoms with Gasteiger partial charge in [-0.2, -0.15) is 0 Å². The van der Waals surface area contributed by atoms with Crippen molar-refractivity contribution in [2.24, 2.45) is 17.3 Å². The molecular formula is C25H34O5. The van der Waals surface area contributed by atoms with E-state index in [0.717, 1.165) is 11.1 Å². The van der Waals surface area contributed by atoms with Crippen LogP contribution in [0.2, 0.25) is 0 Å². The standard InChI is InChI=1S/C25H34O5/c1-9-14(3)23(27)29-21-12-16(5)18-13-20(26)17(6)11-19(18)25(7,8)22(21)30-24(28)15(4)10-2/h9-12,18-19,21-22H,13H2,1-8H3. The van der Waals surface area contributed by atoms with Crippen LogP contribution < -0.4 is 0 Å². The van der Waals surface area contributed by atoms with E-state index in [1.807, 2.05) is 39.8 Å². The molecule has 0 aliphatic heterocycles. The number of rotatable bonds is 4. The summed E-state index contributed by atoms with van der Waals surface area (Å²) in [5.74, 6) is -0.804. The van der Waals surface area contributed by atoms with Gasteiger partial charge in [-0.1, -0.05) is 37.6 Å². The third kappa shape index (κ3) is 4.66. The molecule has 0 saturated carbocycles. The number of fused-ring (bicyclic) bond motifs is 1. The number of ketones is 1. The van der Waals surface area contributed by atoms with Crippen LogP contribution in [0.1, 0.15) is 61.8 Å². The summed E-state index contributed by atoms with van der Waals surface area (Å²) in [5, 5.41) is 0. The highest BCUT2D eigenvalue weighted by atomic mass is 16.6. The van der Waals surface area contributed by atoms with Crippen molar-refractivity contribution in [3.05, 3.63) is 46.6 Å². The molecule has 4 unspecified atom stereocenters. The van der Waals surface area contributed by atoms with Crippen molar-refractivity contribution in [1.29, 1.82) is 0 Å². The van der Waals surface area contributed by atoms with Crippen LogP contribution in [0.4, 0.5) is 0 Å². The second-order valence-corrected chi connectivity index (χ2v) is 8.98. The van der Waals surface area contributed by atoms with Gasteiger partial charge in [0.1, 0.15) is 6.10 Å². The Bertz CT molecular complexity index is 853. The van der Waals surface area contributed by atoms with Crippen molar-refractivity contribution in [2.45, 2.75) is 74.0 Å². The lowest BCUT2D eigenvalue weighted by Crippen LogP contribution is -2.48. The van der Waals surface area contributed by atoms with Crippen molar-refractivity contribution < 1.29 is 23.9 Å². The van der Waals surface area contributed by atoms with Gasteiger partial charge in [0.15, 0.2) is 11.9 Å². The van der Waals surface area contributed by atoms with Crippen LogP contribution >= 0.6 is 0 Å². The van der Waals surface area contributed by atoms with Gasteiger partial charge in [0.2, 0.25) is 0 Å². The Hall–Kier alpha value is -2.43. The molecule has 4 atom stereocenters. The Kier molecular flexibility index (Phi) is 7.27. The van der Waals surface area contributed by atoms with E-state index in [1.54, 1.807) is 39.8 Å². The summed E-state index contributed by atoms with van der Waals surface area (Å²) in [6.07, 6.45) is 6.21. The van der Waals surface area contributed by atoms with Crippen LogP contribution in [0.15, 0.2) is 46.6 Å². The highest BCUT2D eigenvalue weighted by Gasteiger charge is 2.51. The number of allylic oxidation sites excluding steroid dienone is 5. The first-order chi connectivity index (χ1) is 13.9. The molecule has 2 aliphatic carbocycles. The van der Waals surface area contributed by atoms with Crippen molar-refractivity contribution in [1.82, 2.24) is 0 Å². The van der Waals surface area contributed by atoms with Crippen molar-refractivity contribution >= 4 is 17.7 Å². The Balaban J connectivity index is 2.58. The molecule has 0 N–H and O–H groups in total. The molecule has 2 aliphatic rings. The van der Waals surface area contributed by atoms with Gasteiger partial charge in [0.05, 0.1) is 0 Å². The van der Waals surface area contributed by atoms with E-state index in [4.69, 9.17) is 9.47 Å². The number of carbonyl (C=O) groups excluding carboxylic acids is 3. The maximum absolute atomic E-state index is 12.7. The van der Waals surface area contributed by atoms with Crippen LogP contribution in [0, 0.1) is 17.3 Å². The number of ether oxygens (including phenoxy) is 2. The zero-order valence-corrected chi connectivity index (χ0v) is 19.4. The number of hydrogen-bond donors (Lipinski definition) is 0. The number of Topliss-reactive ketones (excluding diaryl/α,β-unsaturated/α-hetero) is 1. The average molecular weight is 415 g/mol. The molecule has 0 spiro atoms. The first-order valence-corrected chi connectivity index (χ1v) is 10.5. The molecule has 0 aromatic rings. The fourth-order valence-electron chi connectivity index (χ4n) is 4.20. The Labute approximate surface area is 179 Å². The van der Waals surface area contributed by atoms with E-state index in [1.165, 1.54) is 0 Å². The quantitative estimate of drug-likeness (QED) is 0.372. The summed E-state index contributed by atoms with van der Waals surface area (Å²) in [4.78, 5) is 37.7. The minimum atomic E-state index is -0.745. The molecule has 0 radical (unpaired) electrons. The summed E-state index contributed by atoms with van der Waals surface area (Å²) in [6.45, 7) is 14.8. The molecule has 0 amide bonds. The summed E-state index contributed by atoms with van der Waals surface area (Å²) < 4.78 is 11.8. The third-order valence-electron chi connectivity index (χ3n) is 6.60. The molecule has 0 aromatic carbocycles. The maximum Gasteiger partial charge on any atom is 0.334 e. The first kappa shape index (κ1) is 23.8. The summed E-state index contributed by atoms with van der Waals surface area (Å²) in [5.41, 5.74) is 2.11. The predicted octanol–water partition coefficient (Wildman–Crippen LogP) is 4.88. The molecule has 0 saturated heterocycles. The van der Waals surface area contributed by atoms with Gasteiger partial charge >= 0.3 is 11.9 Å². The van der Waals surface area contributed by atoms with E-state index in [9.17, 15) is 14.4 Å². The van der Waals surface area contributed by atoms with Gasteiger partial charge in [-0.05, 0) is 65.0 Å². The summed E-state index contributed by atoms with van der Waals surface area (Å²) in [7, 11) is 0. The van der Waals surface area contributed by atoms with Gasteiger partial charge in [-0.3, -0.25) is 4.79 Å². The van der Waals surface area contributed by atoms with Gasteiger partial charge in [0, 0.05) is 23.0 Å². The van der Waals surface area contributed by atoms with E-state index < -0.39 is 29.6 Å². The van der Waals surface area contributed by atoms with Crippen molar-refractivity contribution in [2.75, 3.05) is 0 Å². The largest absolute Gasteiger partial charge is 0.454 e. The highest BCUT2D eigenvalue weighted by molar-refractivity contribution is 5.96. The van der Waals surface area contributed by atoms with E-state index in [-0.39, 0.29) is 17.6 Å². The normalized spacial score (nSPS) is 29.3. The van der Waals surface area contributed by atoms with Crippen LogP contribution in [0.5, 0.6) is 0 Å². The smallest absolute Gasteiger partial charge is 0.334 e. The number of carbonyl (C=O) groups is 3. The van der Waals surface area contributed by atoms with Gasteiger partial charge < -0.3 is 9.47 Å². The summed E-state index contributed by atoms with van der Waals surface area (Å²) in [6, 6.07) is 0. The molecule has 0 fully saturated rings. The van der Waals surface area contributed by atoms with Crippen LogP contribution in [0.25, 0.3) is 0 Å². The molecule has 0 bridgehead atoms. The molecule has 5 heteroatoms. The van der Waals surface area contributed by atoms with Gasteiger partial charge in [-0.15, -0.1) is 0 Å². The van der Waals surface area contributed by atoms with Gasteiger partial charge in [0.25, 0.3) is 0 Å². The third-order valence-corrected chi connectivity index (χ3v) is 6.60. The van der Waals surface area contributed by atoms with E-state index >= 15 is 0 Å². The molecule has 0 aromatic heterocycles. The molecule has 0 heterocycles. The van der Waals surface area contributed by atoms with Crippen molar-refractivity contribution in [3.63, 3.8) is 0 Å². The second kappa shape index (κ2) is 9.15. The lowest BCUT2D eigenvalue weighted by atomic mass is 9.63. The van der Waals surface area contributed by atoms with Crippen LogP contribution in [-0.4, -0.2) is 29.9 Å². The maximum atomic E-state index is 12.7. The Morgan fingerprint density at radius 2 is 1.53 bits per heavy atom. The lowest BCUT2D eigenvalue weighted by molar-refractivity contribution is -0.171. The molecule has 164 valence electrons. The SMILES string of the molecule is CC=C(C)C(=O)OC1C=C(C)C2CC(=O)C(C)=CC2C(C)(C)C1OC(=O)C(C)=CC. The Morgan fingerprint density at radius 1 is 1.00 bits per heavy atom. The zero-order valence-electron chi connectivity index (χ0n) is 19.4. The molecule has 2 rings (SSSR count). The minimum absolute atomic E-state index is 0.0215. The Morgan fingerprint density at radius 3 is 2.07 bits per heavy atom. The van der Waals surface area contributed by atoms with Crippen LogP contribution in [-0.2, 0) is 23.9 Å². The lowest BCUT2D eigenvalue weighted by Gasteiger charge is -2.43. The minimum Gasteiger partial charge on any atom is -0.454 e. The first-order valence-electron chi connectivity index (χ1n) is 10.5.